The highest BCUT2D eigenvalue weighted by atomic mass is 16.5. The van der Waals surface area contributed by atoms with Crippen molar-refractivity contribution in [2.24, 2.45) is 0 Å². The summed E-state index contributed by atoms with van der Waals surface area (Å²) in [6.45, 7) is 11.6. The molecule has 0 aliphatic heterocycles. The van der Waals surface area contributed by atoms with Gasteiger partial charge in [0.05, 0.1) is 5.97 Å². The van der Waals surface area contributed by atoms with Crippen molar-refractivity contribution < 1.29 is 14.6 Å². The molecule has 3 nitrogen and oxygen atoms in total. The Morgan fingerprint density at radius 2 is 1.61 bits per heavy atom. The number of carbonyl (C=O) groups is 1. The normalized spacial score (nSPS) is 16.3. The predicted octanol–water partition coefficient (Wildman–Crippen LogP) is 5.36. The zero-order valence-electron chi connectivity index (χ0n) is 19.2. The van der Waals surface area contributed by atoms with Crippen LogP contribution in [0.1, 0.15) is 86.5 Å². The molecule has 2 aromatic rings. The molecule has 0 spiro atoms. The Morgan fingerprint density at radius 3 is 2.19 bits per heavy atom. The van der Waals surface area contributed by atoms with Gasteiger partial charge in [0.2, 0.25) is 0 Å². The minimum atomic E-state index is -1.17. The molecule has 0 heterocycles. The molecular formula is C28H31O3-. The van der Waals surface area contributed by atoms with E-state index in [0.717, 1.165) is 36.1 Å². The molecule has 0 radical (unpaired) electrons. The second-order valence-electron chi connectivity index (χ2n) is 9.44. The molecule has 0 unspecified atom stereocenters. The Kier molecular flexibility index (Phi) is 6.60. The third-order valence-corrected chi connectivity index (χ3v) is 6.19. The van der Waals surface area contributed by atoms with Crippen molar-refractivity contribution in [1.29, 1.82) is 0 Å². The number of rotatable bonds is 5. The van der Waals surface area contributed by atoms with E-state index < -0.39 is 5.97 Å². The van der Waals surface area contributed by atoms with Crippen molar-refractivity contribution in [3.63, 3.8) is 0 Å². The standard InChI is InChI=1S/C28H32O3/c1-6-7-8-17-31-25-19-24-23(27(2,3)15-16-28(24,4)5)18-22(25)14-11-20-9-12-21(13-10-20)26(29)30/h9-14,18-19H,6,15-17H2,1-5H3,(H,29,30)/p-1/b14-11+. The molecule has 0 saturated heterocycles. The molecule has 1 aliphatic carbocycles. The molecule has 0 aromatic heterocycles. The number of hydrogen-bond acceptors (Lipinski definition) is 3. The van der Waals surface area contributed by atoms with Crippen molar-refractivity contribution in [2.45, 2.75) is 64.7 Å². The lowest BCUT2D eigenvalue weighted by Crippen LogP contribution is -2.34. The van der Waals surface area contributed by atoms with E-state index in [-0.39, 0.29) is 16.4 Å². The van der Waals surface area contributed by atoms with Crippen molar-refractivity contribution in [3.05, 3.63) is 64.2 Å². The van der Waals surface area contributed by atoms with Gasteiger partial charge in [-0.2, -0.15) is 0 Å². The Bertz CT molecular complexity index is 1040. The molecule has 0 bridgehead atoms. The zero-order valence-corrected chi connectivity index (χ0v) is 19.2. The average molecular weight is 416 g/mol. The highest BCUT2D eigenvalue weighted by molar-refractivity contribution is 5.86. The van der Waals surface area contributed by atoms with E-state index in [1.165, 1.54) is 11.1 Å². The Labute approximate surface area is 186 Å². The van der Waals surface area contributed by atoms with E-state index in [4.69, 9.17) is 4.74 Å². The molecule has 31 heavy (non-hydrogen) atoms. The maximum atomic E-state index is 11.0. The van der Waals surface area contributed by atoms with Gasteiger partial charge in [-0.25, -0.2) is 0 Å². The third kappa shape index (κ3) is 5.20. The van der Waals surface area contributed by atoms with Gasteiger partial charge in [-0.1, -0.05) is 77.0 Å². The van der Waals surface area contributed by atoms with Crippen LogP contribution in [0.15, 0.2) is 36.4 Å². The number of carboxylic acid groups (broad SMARTS) is 1. The number of benzene rings is 2. The van der Waals surface area contributed by atoms with Crippen LogP contribution >= 0.6 is 0 Å². The smallest absolute Gasteiger partial charge is 0.149 e. The van der Waals surface area contributed by atoms with E-state index in [1.807, 2.05) is 19.1 Å². The molecule has 0 atom stereocenters. The molecule has 2 aromatic carbocycles. The summed E-state index contributed by atoms with van der Waals surface area (Å²) in [6.07, 6.45) is 7.11. The van der Waals surface area contributed by atoms with Crippen LogP contribution in [0, 0.1) is 11.8 Å². The van der Waals surface area contributed by atoms with E-state index >= 15 is 0 Å². The fourth-order valence-corrected chi connectivity index (χ4v) is 4.07. The van der Waals surface area contributed by atoms with Crippen molar-refractivity contribution in [3.8, 4) is 17.6 Å². The monoisotopic (exact) mass is 415 g/mol. The number of ether oxygens (including phenoxy) is 1. The minimum absolute atomic E-state index is 0.0982. The van der Waals surface area contributed by atoms with Crippen LogP contribution in [0.3, 0.4) is 0 Å². The van der Waals surface area contributed by atoms with Crippen molar-refractivity contribution in [1.82, 2.24) is 0 Å². The number of fused-ring (bicyclic) bond motifs is 1. The third-order valence-electron chi connectivity index (χ3n) is 6.19. The Morgan fingerprint density at radius 1 is 1.00 bits per heavy atom. The lowest BCUT2D eigenvalue weighted by molar-refractivity contribution is -0.255. The topological polar surface area (TPSA) is 49.4 Å². The summed E-state index contributed by atoms with van der Waals surface area (Å²) < 4.78 is 6.09. The van der Waals surface area contributed by atoms with Gasteiger partial charge in [0.15, 0.2) is 0 Å². The zero-order chi connectivity index (χ0) is 22.6. The SMILES string of the molecule is CCC#CCOc1cc2c(cc1/C=C/c1ccc(C(=O)[O-])cc1)C(C)(C)CCC2(C)C. The fraction of sp³-hybridized carbons (Fsp3) is 0.393. The van der Waals surface area contributed by atoms with E-state index in [9.17, 15) is 9.90 Å². The van der Waals surface area contributed by atoms with Gasteiger partial charge in [0.1, 0.15) is 12.4 Å². The molecule has 0 amide bonds. The van der Waals surface area contributed by atoms with Crippen molar-refractivity contribution >= 4 is 18.1 Å². The molecule has 3 rings (SSSR count). The summed E-state index contributed by atoms with van der Waals surface area (Å²) in [4.78, 5) is 11.0. The number of hydrogen-bond donors (Lipinski definition) is 0. The van der Waals surface area contributed by atoms with E-state index in [1.54, 1.807) is 24.3 Å². The molecule has 1 aliphatic rings. The van der Waals surface area contributed by atoms with Gasteiger partial charge >= 0.3 is 0 Å². The van der Waals surface area contributed by atoms with Gasteiger partial charge in [-0.15, -0.1) is 5.92 Å². The van der Waals surface area contributed by atoms with Crippen LogP contribution in [0.4, 0.5) is 0 Å². The maximum Gasteiger partial charge on any atom is 0.149 e. The average Bonchev–Trinajstić information content (AvgIpc) is 2.73. The maximum absolute atomic E-state index is 11.0. The quantitative estimate of drug-likeness (QED) is 0.488. The first kappa shape index (κ1) is 22.7. The van der Waals surface area contributed by atoms with Gasteiger partial charge < -0.3 is 14.6 Å². The van der Waals surface area contributed by atoms with Gasteiger partial charge in [-0.3, -0.25) is 0 Å². The van der Waals surface area contributed by atoms with E-state index in [2.05, 4.69) is 51.7 Å². The first-order chi connectivity index (χ1) is 14.6. The number of carboxylic acids is 1. The lowest BCUT2D eigenvalue weighted by atomic mass is 9.63. The van der Waals surface area contributed by atoms with E-state index in [0.29, 0.717) is 6.61 Å². The molecule has 0 fully saturated rings. The second-order valence-corrected chi connectivity index (χ2v) is 9.44. The van der Waals surface area contributed by atoms with Gasteiger partial charge in [-0.05, 0) is 58.1 Å². The molecular weight excluding hydrogens is 384 g/mol. The minimum Gasteiger partial charge on any atom is -0.545 e. The summed E-state index contributed by atoms with van der Waals surface area (Å²) in [6, 6.07) is 11.1. The summed E-state index contributed by atoms with van der Waals surface area (Å²) >= 11 is 0. The molecule has 0 N–H and O–H groups in total. The summed E-state index contributed by atoms with van der Waals surface area (Å²) in [7, 11) is 0. The Balaban J connectivity index is 2.02. The van der Waals surface area contributed by atoms with Crippen LogP contribution in [0.25, 0.3) is 12.2 Å². The van der Waals surface area contributed by atoms with Crippen LogP contribution in [0.2, 0.25) is 0 Å². The highest BCUT2D eigenvalue weighted by Gasteiger charge is 2.37. The lowest BCUT2D eigenvalue weighted by Gasteiger charge is -2.42. The van der Waals surface area contributed by atoms with Crippen LogP contribution in [-0.4, -0.2) is 12.6 Å². The first-order valence-corrected chi connectivity index (χ1v) is 10.9. The van der Waals surface area contributed by atoms with Gasteiger partial charge in [0.25, 0.3) is 0 Å². The van der Waals surface area contributed by atoms with Crippen molar-refractivity contribution in [2.75, 3.05) is 6.61 Å². The summed E-state index contributed by atoms with van der Waals surface area (Å²) in [5.74, 6) is 5.78. The second kappa shape index (κ2) is 9.02. The molecule has 0 saturated carbocycles. The summed E-state index contributed by atoms with van der Waals surface area (Å²) in [5, 5.41) is 11.0. The first-order valence-electron chi connectivity index (χ1n) is 10.9. The van der Waals surface area contributed by atoms with Crippen LogP contribution < -0.4 is 9.84 Å². The number of aromatic carboxylic acids is 1. The molecule has 162 valence electrons. The summed E-state index contributed by atoms with van der Waals surface area (Å²) in [5.41, 5.74) is 5.00. The van der Waals surface area contributed by atoms with Crippen LogP contribution in [-0.2, 0) is 10.8 Å². The molecule has 3 heteroatoms. The Hall–Kier alpha value is -2.99. The van der Waals surface area contributed by atoms with Gasteiger partial charge in [0, 0.05) is 12.0 Å². The van der Waals surface area contributed by atoms with Crippen LogP contribution in [0.5, 0.6) is 5.75 Å². The highest BCUT2D eigenvalue weighted by Crippen LogP contribution is 2.47. The largest absolute Gasteiger partial charge is 0.545 e. The predicted molar refractivity (Wildman–Crippen MR) is 125 cm³/mol. The fourth-order valence-electron chi connectivity index (χ4n) is 4.07. The number of carbonyl (C=O) groups excluding carboxylic acids is 1.